The van der Waals surface area contributed by atoms with Gasteiger partial charge in [0.15, 0.2) is 0 Å². The third-order valence-corrected chi connectivity index (χ3v) is 6.05. The Bertz CT molecular complexity index is 706. The molecule has 0 radical (unpaired) electrons. The van der Waals surface area contributed by atoms with Gasteiger partial charge in [0.1, 0.15) is 5.01 Å². The second-order valence-electron chi connectivity index (χ2n) is 4.73. The largest absolute Gasteiger partial charge is 0.313 e. The van der Waals surface area contributed by atoms with Gasteiger partial charge in [-0.25, -0.2) is 4.98 Å². The fraction of sp³-hybridized carbons (Fsp3) is 0.188. The molecule has 5 heteroatoms. The van der Waals surface area contributed by atoms with E-state index in [4.69, 9.17) is 4.98 Å². The van der Waals surface area contributed by atoms with Gasteiger partial charge in [0.05, 0.1) is 10.6 Å². The van der Waals surface area contributed by atoms with Crippen molar-refractivity contribution in [3.8, 4) is 9.88 Å². The van der Waals surface area contributed by atoms with E-state index in [1.54, 1.807) is 22.7 Å². The number of aromatic nitrogens is 1. The number of nitrogens with one attached hydrogen (secondary N) is 1. The highest BCUT2D eigenvalue weighted by atomic mass is 79.9. The number of hydrogen-bond acceptors (Lipinski definition) is 4. The zero-order valence-corrected chi connectivity index (χ0v) is 14.8. The summed E-state index contributed by atoms with van der Waals surface area (Å²) in [7, 11) is 2.00. The van der Waals surface area contributed by atoms with Crippen LogP contribution in [0, 0.1) is 0 Å². The fourth-order valence-electron chi connectivity index (χ4n) is 2.22. The van der Waals surface area contributed by atoms with Crippen LogP contribution in [0.2, 0.25) is 0 Å². The maximum absolute atomic E-state index is 4.78. The highest BCUT2D eigenvalue weighted by Gasteiger charge is 2.13. The summed E-state index contributed by atoms with van der Waals surface area (Å²) in [5, 5.41) is 8.74. The van der Waals surface area contributed by atoms with Gasteiger partial charge in [-0.05, 0) is 34.6 Å². The van der Waals surface area contributed by atoms with Crippen molar-refractivity contribution < 1.29 is 0 Å². The molecule has 1 N–H and O–H groups in total. The SMILES string of the molecule is CNC(Cc1csc(-c2cc(Br)cs2)n1)c1ccccc1. The molecule has 21 heavy (non-hydrogen) atoms. The molecule has 0 aliphatic carbocycles. The molecule has 0 aliphatic heterocycles. The van der Waals surface area contributed by atoms with Gasteiger partial charge in [-0.2, -0.15) is 0 Å². The summed E-state index contributed by atoms with van der Waals surface area (Å²) in [6, 6.07) is 12.9. The van der Waals surface area contributed by atoms with Gasteiger partial charge in [-0.3, -0.25) is 0 Å². The lowest BCUT2D eigenvalue weighted by Gasteiger charge is -2.15. The molecular formula is C16H15BrN2S2. The topological polar surface area (TPSA) is 24.9 Å². The van der Waals surface area contributed by atoms with E-state index in [0.29, 0.717) is 6.04 Å². The number of halogens is 1. The van der Waals surface area contributed by atoms with Gasteiger partial charge in [-0.1, -0.05) is 30.3 Å². The first-order valence-electron chi connectivity index (χ1n) is 6.67. The molecule has 1 unspecified atom stereocenters. The molecule has 0 spiro atoms. The van der Waals surface area contributed by atoms with Crippen LogP contribution < -0.4 is 5.32 Å². The van der Waals surface area contributed by atoms with Gasteiger partial charge in [0.2, 0.25) is 0 Å². The summed E-state index contributed by atoms with van der Waals surface area (Å²) in [5.74, 6) is 0. The molecule has 3 rings (SSSR count). The van der Waals surface area contributed by atoms with Crippen molar-refractivity contribution in [2.75, 3.05) is 7.05 Å². The molecule has 108 valence electrons. The predicted octanol–water partition coefficient (Wildman–Crippen LogP) is 5.14. The van der Waals surface area contributed by atoms with Gasteiger partial charge in [0, 0.05) is 27.7 Å². The molecule has 0 bridgehead atoms. The zero-order chi connectivity index (χ0) is 14.7. The Kier molecular flexibility index (Phi) is 4.85. The number of likely N-dealkylation sites (N-methyl/N-ethyl adjacent to an activating group) is 1. The summed E-state index contributed by atoms with van der Waals surface area (Å²) in [5.41, 5.74) is 2.44. The quantitative estimate of drug-likeness (QED) is 0.664. The zero-order valence-electron chi connectivity index (χ0n) is 11.5. The molecule has 0 fully saturated rings. The number of hydrogen-bond donors (Lipinski definition) is 1. The van der Waals surface area contributed by atoms with Gasteiger partial charge in [-0.15, -0.1) is 22.7 Å². The lowest BCUT2D eigenvalue weighted by molar-refractivity contribution is 0.586. The van der Waals surface area contributed by atoms with Crippen LogP contribution in [0.15, 0.2) is 51.6 Å². The second-order valence-corrected chi connectivity index (χ2v) is 7.41. The average molecular weight is 379 g/mol. The minimum absolute atomic E-state index is 0.302. The van der Waals surface area contributed by atoms with Crippen LogP contribution in [0.1, 0.15) is 17.3 Å². The van der Waals surface area contributed by atoms with Crippen LogP contribution in [-0.2, 0) is 6.42 Å². The van der Waals surface area contributed by atoms with E-state index < -0.39 is 0 Å². The number of nitrogens with zero attached hydrogens (tertiary/aromatic N) is 1. The minimum Gasteiger partial charge on any atom is -0.313 e. The predicted molar refractivity (Wildman–Crippen MR) is 95.1 cm³/mol. The highest BCUT2D eigenvalue weighted by Crippen LogP contribution is 2.32. The molecule has 0 amide bonds. The average Bonchev–Trinajstić information content (AvgIpc) is 3.14. The maximum atomic E-state index is 4.78. The molecule has 2 aromatic heterocycles. The van der Waals surface area contributed by atoms with Crippen molar-refractivity contribution in [1.82, 2.24) is 10.3 Å². The third-order valence-electron chi connectivity index (χ3n) is 3.29. The van der Waals surface area contributed by atoms with Crippen molar-refractivity contribution in [2.24, 2.45) is 0 Å². The van der Waals surface area contributed by atoms with E-state index in [9.17, 15) is 0 Å². The molecule has 3 aromatic rings. The Morgan fingerprint density at radius 1 is 1.19 bits per heavy atom. The van der Waals surface area contributed by atoms with E-state index in [1.165, 1.54) is 10.4 Å². The first kappa shape index (κ1) is 14.9. The van der Waals surface area contributed by atoms with Gasteiger partial charge >= 0.3 is 0 Å². The van der Waals surface area contributed by atoms with Gasteiger partial charge < -0.3 is 5.32 Å². The van der Waals surface area contributed by atoms with Crippen LogP contribution in [0.5, 0.6) is 0 Å². The molecule has 1 aromatic carbocycles. The Morgan fingerprint density at radius 3 is 2.67 bits per heavy atom. The Morgan fingerprint density at radius 2 is 2.00 bits per heavy atom. The summed E-state index contributed by atoms with van der Waals surface area (Å²) >= 11 is 6.93. The molecule has 2 heterocycles. The minimum atomic E-state index is 0.302. The summed E-state index contributed by atoms with van der Waals surface area (Å²) in [4.78, 5) is 6.00. The third kappa shape index (κ3) is 3.61. The normalized spacial score (nSPS) is 12.5. The Labute approximate surface area is 141 Å². The Balaban J connectivity index is 1.77. The van der Waals surface area contributed by atoms with Crippen LogP contribution >= 0.6 is 38.6 Å². The summed E-state index contributed by atoms with van der Waals surface area (Å²) < 4.78 is 1.12. The lowest BCUT2D eigenvalue weighted by Crippen LogP contribution is -2.18. The van der Waals surface area contributed by atoms with Crippen LogP contribution in [0.3, 0.4) is 0 Å². The highest BCUT2D eigenvalue weighted by molar-refractivity contribution is 9.10. The van der Waals surface area contributed by atoms with Crippen molar-refractivity contribution in [2.45, 2.75) is 12.5 Å². The molecule has 0 aliphatic rings. The van der Waals surface area contributed by atoms with Crippen molar-refractivity contribution in [1.29, 1.82) is 0 Å². The molecule has 0 saturated heterocycles. The first-order chi connectivity index (χ1) is 10.3. The van der Waals surface area contributed by atoms with E-state index >= 15 is 0 Å². The number of benzene rings is 1. The number of thiazole rings is 1. The van der Waals surface area contributed by atoms with Crippen LogP contribution in [0.4, 0.5) is 0 Å². The summed E-state index contributed by atoms with van der Waals surface area (Å²) in [6.07, 6.45) is 0.906. The van der Waals surface area contributed by atoms with E-state index in [0.717, 1.165) is 21.6 Å². The molecule has 1 atom stereocenters. The number of rotatable bonds is 5. The lowest BCUT2D eigenvalue weighted by atomic mass is 10.0. The maximum Gasteiger partial charge on any atom is 0.133 e. The molecule has 2 nitrogen and oxygen atoms in total. The van der Waals surface area contributed by atoms with Crippen molar-refractivity contribution in [3.05, 3.63) is 62.9 Å². The first-order valence-corrected chi connectivity index (χ1v) is 9.22. The van der Waals surface area contributed by atoms with Crippen LogP contribution in [-0.4, -0.2) is 12.0 Å². The molecule has 0 saturated carbocycles. The monoisotopic (exact) mass is 378 g/mol. The second kappa shape index (κ2) is 6.83. The van der Waals surface area contributed by atoms with Gasteiger partial charge in [0.25, 0.3) is 0 Å². The summed E-state index contributed by atoms with van der Waals surface area (Å²) in [6.45, 7) is 0. The fourth-order valence-corrected chi connectivity index (χ4v) is 4.56. The number of thiophene rings is 1. The Hall–Kier alpha value is -1.01. The van der Waals surface area contributed by atoms with Crippen molar-refractivity contribution in [3.63, 3.8) is 0 Å². The van der Waals surface area contributed by atoms with Crippen LogP contribution in [0.25, 0.3) is 9.88 Å². The van der Waals surface area contributed by atoms with Crippen molar-refractivity contribution >= 4 is 38.6 Å². The van der Waals surface area contributed by atoms with E-state index in [-0.39, 0.29) is 0 Å². The smallest absolute Gasteiger partial charge is 0.133 e. The van der Waals surface area contributed by atoms with E-state index in [1.807, 2.05) is 13.1 Å². The standard InChI is InChI=1S/C16H15BrN2S2/c1-18-14(11-5-3-2-4-6-11)8-13-10-21-16(19-13)15-7-12(17)9-20-15/h2-7,9-10,14,18H,8H2,1H3. The van der Waals surface area contributed by atoms with E-state index in [2.05, 4.69) is 62.3 Å². The molecular weight excluding hydrogens is 364 g/mol.